The molecule has 3 aromatic carbocycles. The molecular formula is C26H27NO3S2. The minimum absolute atomic E-state index is 0.297. The first-order valence-corrected chi connectivity index (χ1v) is 13.2. The van der Waals surface area contributed by atoms with Gasteiger partial charge in [-0.05, 0) is 59.2 Å². The van der Waals surface area contributed by atoms with Crippen molar-refractivity contribution in [3.8, 4) is 11.1 Å². The van der Waals surface area contributed by atoms with E-state index in [2.05, 4.69) is 38.1 Å². The van der Waals surface area contributed by atoms with E-state index in [1.807, 2.05) is 43.3 Å². The average Bonchev–Trinajstić information content (AvgIpc) is 3.31. The van der Waals surface area contributed by atoms with Gasteiger partial charge in [0, 0.05) is 6.42 Å². The first-order chi connectivity index (χ1) is 15.3. The Kier molecular flexibility index (Phi) is 5.45. The second kappa shape index (κ2) is 8.03. The van der Waals surface area contributed by atoms with E-state index in [-0.39, 0.29) is 0 Å². The smallest absolute Gasteiger partial charge is 0.254 e. The maximum absolute atomic E-state index is 13.8. The summed E-state index contributed by atoms with van der Waals surface area (Å²) in [5.74, 6) is 0.309. The Morgan fingerprint density at radius 3 is 2.09 bits per heavy atom. The molecule has 1 heterocycles. The van der Waals surface area contributed by atoms with Crippen LogP contribution in [0, 0.1) is 12.8 Å². The molecule has 4 nitrogen and oxygen atoms in total. The first-order valence-electron chi connectivity index (χ1n) is 10.9. The summed E-state index contributed by atoms with van der Waals surface area (Å²) in [5, 5.41) is 0. The van der Waals surface area contributed by atoms with E-state index < -0.39 is 21.0 Å². The van der Waals surface area contributed by atoms with Crippen LogP contribution in [0.5, 0.6) is 0 Å². The third-order valence-electron chi connectivity index (χ3n) is 6.14. The zero-order valence-corrected chi connectivity index (χ0v) is 20.1. The number of rotatable bonds is 5. The molecule has 166 valence electrons. The molecule has 3 aromatic rings. The molecule has 0 aromatic heterocycles. The lowest BCUT2D eigenvalue weighted by Gasteiger charge is -2.25. The molecule has 6 heteroatoms. The van der Waals surface area contributed by atoms with Crippen molar-refractivity contribution in [2.24, 2.45) is 5.92 Å². The molecule has 0 radical (unpaired) electrons. The maximum Gasteiger partial charge on any atom is 0.254 e. The Morgan fingerprint density at radius 2 is 1.53 bits per heavy atom. The minimum Gasteiger partial charge on any atom is -0.361 e. The number of aryl methyl sites for hydroxylation is 1. The van der Waals surface area contributed by atoms with Crippen LogP contribution >= 0.6 is 11.9 Å². The SMILES string of the molecule is Cc1ccc(S(=O)(=O)N2SC3(CC2OCC(C)C)c2ccccc2-c2ccccc23)cc1. The molecule has 0 bridgehead atoms. The zero-order chi connectivity index (χ0) is 22.5. The normalized spacial score (nSPS) is 19.4. The molecule has 5 rings (SSSR count). The fraction of sp³-hybridized carbons (Fsp3) is 0.308. The summed E-state index contributed by atoms with van der Waals surface area (Å²) in [6.07, 6.45) is 0.0247. The van der Waals surface area contributed by atoms with Gasteiger partial charge in [0.05, 0.1) is 16.2 Å². The van der Waals surface area contributed by atoms with Crippen LogP contribution in [0.1, 0.15) is 37.0 Å². The molecule has 0 N–H and O–H groups in total. The predicted octanol–water partition coefficient (Wildman–Crippen LogP) is 5.96. The van der Waals surface area contributed by atoms with Crippen LogP contribution in [0.2, 0.25) is 0 Å². The van der Waals surface area contributed by atoms with Gasteiger partial charge in [0.15, 0.2) is 0 Å². The van der Waals surface area contributed by atoms with Gasteiger partial charge in [0.2, 0.25) is 0 Å². The highest BCUT2D eigenvalue weighted by molar-refractivity contribution is 8.09. The number of nitrogens with zero attached hydrogens (tertiary/aromatic N) is 1. The molecule has 32 heavy (non-hydrogen) atoms. The maximum atomic E-state index is 13.8. The summed E-state index contributed by atoms with van der Waals surface area (Å²) in [7, 11) is -3.75. The van der Waals surface area contributed by atoms with E-state index in [9.17, 15) is 8.42 Å². The molecule has 1 aliphatic heterocycles. The lowest BCUT2D eigenvalue weighted by Crippen LogP contribution is -2.33. The van der Waals surface area contributed by atoms with Crippen LogP contribution in [0.15, 0.2) is 77.7 Å². The van der Waals surface area contributed by atoms with Gasteiger partial charge >= 0.3 is 0 Å². The summed E-state index contributed by atoms with van der Waals surface area (Å²) in [6.45, 7) is 6.62. The van der Waals surface area contributed by atoms with Crippen molar-refractivity contribution in [1.29, 1.82) is 0 Å². The molecule has 1 saturated heterocycles. The molecule has 0 saturated carbocycles. The number of fused-ring (bicyclic) bond motifs is 5. The van der Waals surface area contributed by atoms with Gasteiger partial charge < -0.3 is 4.74 Å². The van der Waals surface area contributed by atoms with Crippen molar-refractivity contribution in [3.63, 3.8) is 0 Å². The third-order valence-corrected chi connectivity index (χ3v) is 9.86. The lowest BCUT2D eigenvalue weighted by atomic mass is 9.92. The van der Waals surface area contributed by atoms with Crippen molar-refractivity contribution >= 4 is 22.0 Å². The van der Waals surface area contributed by atoms with Gasteiger partial charge in [-0.2, -0.15) is 0 Å². The standard InChI is InChI=1S/C26H27NO3S2/c1-18(2)17-30-25-16-26(31-27(25)32(28,29)20-14-12-19(3)13-15-20)23-10-6-4-8-21(23)22-9-5-7-11-24(22)26/h4-15,18,25H,16-17H2,1-3H3. The van der Waals surface area contributed by atoms with Gasteiger partial charge in [0.25, 0.3) is 10.0 Å². The quantitative estimate of drug-likeness (QED) is 0.436. The van der Waals surface area contributed by atoms with Gasteiger partial charge in [0.1, 0.15) is 6.23 Å². The lowest BCUT2D eigenvalue weighted by molar-refractivity contribution is -0.00105. The van der Waals surface area contributed by atoms with E-state index in [1.54, 1.807) is 12.1 Å². The van der Waals surface area contributed by atoms with E-state index in [0.29, 0.717) is 23.8 Å². The van der Waals surface area contributed by atoms with Crippen molar-refractivity contribution in [1.82, 2.24) is 3.71 Å². The molecule has 1 spiro atoms. The molecule has 2 aliphatic rings. The fourth-order valence-corrected chi connectivity index (χ4v) is 8.11. The Labute approximate surface area is 194 Å². The van der Waals surface area contributed by atoms with Crippen LogP contribution in [0.3, 0.4) is 0 Å². The van der Waals surface area contributed by atoms with Crippen molar-refractivity contribution in [2.45, 2.75) is 43.1 Å². The van der Waals surface area contributed by atoms with E-state index in [1.165, 1.54) is 26.8 Å². The summed E-state index contributed by atoms with van der Waals surface area (Å²) in [5.41, 5.74) is 5.69. The largest absolute Gasteiger partial charge is 0.361 e. The number of ether oxygens (including phenoxy) is 1. The molecule has 1 fully saturated rings. The first kappa shape index (κ1) is 21.7. The topological polar surface area (TPSA) is 46.6 Å². The third kappa shape index (κ3) is 3.41. The average molecular weight is 466 g/mol. The van der Waals surface area contributed by atoms with E-state index in [4.69, 9.17) is 4.74 Å². The van der Waals surface area contributed by atoms with Gasteiger partial charge in [-0.15, -0.1) is 3.71 Å². The fourth-order valence-electron chi connectivity index (χ4n) is 4.61. The Balaban J connectivity index is 1.63. The minimum atomic E-state index is -3.75. The van der Waals surface area contributed by atoms with Crippen molar-refractivity contribution in [3.05, 3.63) is 89.5 Å². The van der Waals surface area contributed by atoms with Crippen molar-refractivity contribution in [2.75, 3.05) is 6.61 Å². The van der Waals surface area contributed by atoms with Gasteiger partial charge in [-0.1, -0.05) is 80.1 Å². The second-order valence-electron chi connectivity index (χ2n) is 8.97. The van der Waals surface area contributed by atoms with E-state index >= 15 is 0 Å². The molecule has 0 amide bonds. The number of sulfonamides is 1. The van der Waals surface area contributed by atoms with Gasteiger partial charge in [-0.25, -0.2) is 8.42 Å². The van der Waals surface area contributed by atoms with Crippen molar-refractivity contribution < 1.29 is 13.2 Å². The van der Waals surface area contributed by atoms with Crippen LogP contribution in [-0.2, 0) is 19.5 Å². The summed E-state index contributed by atoms with van der Waals surface area (Å²) in [6, 6.07) is 23.7. The predicted molar refractivity (Wildman–Crippen MR) is 130 cm³/mol. The summed E-state index contributed by atoms with van der Waals surface area (Å²) in [4.78, 5) is 0.297. The number of benzene rings is 3. The summed E-state index contributed by atoms with van der Waals surface area (Å²) < 4.78 is 34.9. The van der Waals surface area contributed by atoms with Gasteiger partial charge in [-0.3, -0.25) is 0 Å². The monoisotopic (exact) mass is 465 g/mol. The highest BCUT2D eigenvalue weighted by atomic mass is 32.3. The Morgan fingerprint density at radius 1 is 0.969 bits per heavy atom. The second-order valence-corrected chi connectivity index (χ2v) is 12.3. The molecule has 1 unspecified atom stereocenters. The highest BCUT2D eigenvalue weighted by Gasteiger charge is 2.56. The van der Waals surface area contributed by atoms with E-state index in [0.717, 1.165) is 16.7 Å². The Hall–Kier alpha value is -2.12. The van der Waals surface area contributed by atoms with Crippen LogP contribution in [0.25, 0.3) is 11.1 Å². The molecular weight excluding hydrogens is 438 g/mol. The highest BCUT2D eigenvalue weighted by Crippen LogP contribution is 2.63. The summed E-state index contributed by atoms with van der Waals surface area (Å²) >= 11 is 1.39. The number of hydrogen-bond donors (Lipinski definition) is 0. The Bertz CT molecular complexity index is 1210. The van der Waals surface area contributed by atoms with Crippen LogP contribution in [-0.4, -0.2) is 25.0 Å². The molecule has 1 atom stereocenters. The number of hydrogen-bond acceptors (Lipinski definition) is 4. The molecule has 1 aliphatic carbocycles. The van der Waals surface area contributed by atoms with Crippen LogP contribution in [0.4, 0.5) is 0 Å². The van der Waals surface area contributed by atoms with Crippen LogP contribution < -0.4 is 0 Å². The zero-order valence-electron chi connectivity index (χ0n) is 18.5.